The summed E-state index contributed by atoms with van der Waals surface area (Å²) in [5, 5.41) is 20.5. The third kappa shape index (κ3) is 4.39. The first-order chi connectivity index (χ1) is 10.00. The lowest BCUT2D eigenvalue weighted by Crippen LogP contribution is -2.08. The molecule has 21 heavy (non-hydrogen) atoms. The van der Waals surface area contributed by atoms with Crippen molar-refractivity contribution in [3.8, 4) is 17.6 Å². The van der Waals surface area contributed by atoms with E-state index in [2.05, 4.69) is 6.07 Å². The predicted molar refractivity (Wildman–Crippen MR) is 84.4 cm³/mol. The van der Waals surface area contributed by atoms with Gasteiger partial charge in [-0.1, -0.05) is 12.1 Å². The molecule has 3 nitrogen and oxygen atoms in total. The number of benzene rings is 2. The number of unbranched alkanes of at least 4 members (excludes halogenated alkanes) is 1. The molecule has 1 N–H and O–H groups in total. The van der Waals surface area contributed by atoms with Crippen LogP contribution in [0.25, 0.3) is 10.8 Å². The Hall–Kier alpha value is -2.21. The molecular weight excluding hydrogens is 262 g/mol. The molecule has 0 saturated carbocycles. The Bertz CT molecular complexity index is 656. The van der Waals surface area contributed by atoms with E-state index in [-0.39, 0.29) is 11.2 Å². The molecule has 0 fully saturated rings. The Labute approximate surface area is 125 Å². The summed E-state index contributed by atoms with van der Waals surface area (Å²) >= 11 is 0. The van der Waals surface area contributed by atoms with Crippen LogP contribution in [0.2, 0.25) is 0 Å². The van der Waals surface area contributed by atoms with E-state index in [4.69, 9.17) is 10.00 Å². The number of rotatable bonds is 6. The molecule has 0 amide bonds. The number of aromatic hydroxyl groups is 1. The Morgan fingerprint density at radius 1 is 1.10 bits per heavy atom. The minimum absolute atomic E-state index is 0.250. The third-order valence-corrected chi connectivity index (χ3v) is 3.56. The SMILES string of the molecule is CC(C)(C#N)CCCCOc1ccc2ccc(O)cc2c1. The van der Waals surface area contributed by atoms with Crippen molar-refractivity contribution in [3.05, 3.63) is 36.4 Å². The molecule has 0 saturated heterocycles. The summed E-state index contributed by atoms with van der Waals surface area (Å²) in [6, 6.07) is 13.5. The van der Waals surface area contributed by atoms with Crippen molar-refractivity contribution in [2.75, 3.05) is 6.61 Å². The zero-order valence-electron chi connectivity index (χ0n) is 12.6. The fourth-order valence-corrected chi connectivity index (χ4v) is 2.22. The van der Waals surface area contributed by atoms with Gasteiger partial charge in [0.1, 0.15) is 11.5 Å². The van der Waals surface area contributed by atoms with Crippen LogP contribution in [0.5, 0.6) is 11.5 Å². The first-order valence-electron chi connectivity index (χ1n) is 7.27. The number of phenols is 1. The third-order valence-electron chi connectivity index (χ3n) is 3.56. The van der Waals surface area contributed by atoms with Gasteiger partial charge in [0, 0.05) is 0 Å². The number of hydrogen-bond donors (Lipinski definition) is 1. The number of nitrogens with zero attached hydrogens (tertiary/aromatic N) is 1. The molecule has 2 rings (SSSR count). The summed E-state index contributed by atoms with van der Waals surface area (Å²) in [6.45, 7) is 4.57. The molecule has 2 aromatic rings. The van der Waals surface area contributed by atoms with Gasteiger partial charge in [0.15, 0.2) is 0 Å². The number of fused-ring (bicyclic) bond motifs is 1. The molecule has 0 unspecified atom stereocenters. The standard InChI is InChI=1S/C18H21NO2/c1-18(2,13-19)9-3-4-10-21-17-8-6-14-5-7-16(20)11-15(14)12-17/h5-8,11-12,20H,3-4,9-10H2,1-2H3. The molecule has 0 aliphatic rings. The smallest absolute Gasteiger partial charge is 0.119 e. The van der Waals surface area contributed by atoms with Crippen LogP contribution in [0, 0.1) is 16.7 Å². The fourth-order valence-electron chi connectivity index (χ4n) is 2.22. The quantitative estimate of drug-likeness (QED) is 0.785. The van der Waals surface area contributed by atoms with Gasteiger partial charge in [0.2, 0.25) is 0 Å². The predicted octanol–water partition coefficient (Wildman–Crippen LogP) is 4.64. The van der Waals surface area contributed by atoms with Crippen molar-refractivity contribution in [1.29, 1.82) is 5.26 Å². The Morgan fingerprint density at radius 2 is 1.86 bits per heavy atom. The number of hydrogen-bond acceptors (Lipinski definition) is 3. The van der Waals surface area contributed by atoms with E-state index in [1.54, 1.807) is 12.1 Å². The van der Waals surface area contributed by atoms with E-state index in [1.165, 1.54) is 0 Å². The lowest BCUT2D eigenvalue weighted by Gasteiger charge is -2.14. The Morgan fingerprint density at radius 3 is 2.62 bits per heavy atom. The average molecular weight is 283 g/mol. The van der Waals surface area contributed by atoms with Gasteiger partial charge in [-0.05, 0) is 68.1 Å². The largest absolute Gasteiger partial charge is 0.508 e. The van der Waals surface area contributed by atoms with Crippen molar-refractivity contribution in [1.82, 2.24) is 0 Å². The van der Waals surface area contributed by atoms with Crippen molar-refractivity contribution in [3.63, 3.8) is 0 Å². The van der Waals surface area contributed by atoms with Crippen molar-refractivity contribution < 1.29 is 9.84 Å². The molecule has 0 aliphatic carbocycles. The summed E-state index contributed by atoms with van der Waals surface area (Å²) < 4.78 is 5.74. The molecule has 0 aromatic heterocycles. The molecule has 3 heteroatoms. The molecule has 0 aliphatic heterocycles. The minimum atomic E-state index is -0.250. The molecule has 0 spiro atoms. The molecule has 0 heterocycles. The fraction of sp³-hybridized carbons (Fsp3) is 0.389. The van der Waals surface area contributed by atoms with Crippen LogP contribution in [-0.4, -0.2) is 11.7 Å². The van der Waals surface area contributed by atoms with Crippen LogP contribution in [-0.2, 0) is 0 Å². The zero-order valence-corrected chi connectivity index (χ0v) is 12.6. The van der Waals surface area contributed by atoms with Gasteiger partial charge in [0.05, 0.1) is 18.1 Å². The average Bonchev–Trinajstić information content (AvgIpc) is 2.46. The van der Waals surface area contributed by atoms with Gasteiger partial charge >= 0.3 is 0 Å². The highest BCUT2D eigenvalue weighted by Gasteiger charge is 2.15. The van der Waals surface area contributed by atoms with E-state index in [0.717, 1.165) is 35.8 Å². The lowest BCUT2D eigenvalue weighted by molar-refractivity contribution is 0.295. The Kier molecular flexibility index (Phi) is 4.70. The van der Waals surface area contributed by atoms with E-state index in [1.807, 2.05) is 38.1 Å². The summed E-state index contributed by atoms with van der Waals surface area (Å²) in [5.74, 6) is 1.08. The number of phenolic OH excluding ortho intramolecular Hbond substituents is 1. The van der Waals surface area contributed by atoms with Crippen LogP contribution in [0.15, 0.2) is 36.4 Å². The molecule has 2 aromatic carbocycles. The van der Waals surface area contributed by atoms with Crippen LogP contribution in [0.4, 0.5) is 0 Å². The normalized spacial score (nSPS) is 11.3. The van der Waals surface area contributed by atoms with E-state index >= 15 is 0 Å². The van der Waals surface area contributed by atoms with Gasteiger partial charge < -0.3 is 9.84 Å². The topological polar surface area (TPSA) is 53.2 Å². The monoisotopic (exact) mass is 283 g/mol. The van der Waals surface area contributed by atoms with Crippen molar-refractivity contribution in [2.45, 2.75) is 33.1 Å². The van der Waals surface area contributed by atoms with Gasteiger partial charge in [-0.3, -0.25) is 0 Å². The van der Waals surface area contributed by atoms with Crippen LogP contribution in [0.3, 0.4) is 0 Å². The lowest BCUT2D eigenvalue weighted by atomic mass is 9.89. The summed E-state index contributed by atoms with van der Waals surface area (Å²) in [5.41, 5.74) is -0.250. The second-order valence-corrected chi connectivity index (χ2v) is 5.99. The summed E-state index contributed by atoms with van der Waals surface area (Å²) in [6.07, 6.45) is 2.80. The summed E-state index contributed by atoms with van der Waals surface area (Å²) in [7, 11) is 0. The van der Waals surface area contributed by atoms with E-state index in [9.17, 15) is 5.11 Å². The van der Waals surface area contributed by atoms with Crippen molar-refractivity contribution in [2.24, 2.45) is 5.41 Å². The van der Waals surface area contributed by atoms with Gasteiger partial charge in [-0.15, -0.1) is 0 Å². The highest BCUT2D eigenvalue weighted by molar-refractivity contribution is 5.85. The van der Waals surface area contributed by atoms with Crippen LogP contribution in [0.1, 0.15) is 33.1 Å². The van der Waals surface area contributed by atoms with Gasteiger partial charge in [-0.2, -0.15) is 5.26 Å². The minimum Gasteiger partial charge on any atom is -0.508 e. The molecule has 0 atom stereocenters. The van der Waals surface area contributed by atoms with Gasteiger partial charge in [0.25, 0.3) is 0 Å². The second-order valence-electron chi connectivity index (χ2n) is 5.99. The van der Waals surface area contributed by atoms with Crippen LogP contribution >= 0.6 is 0 Å². The second kappa shape index (κ2) is 6.49. The molecule has 0 radical (unpaired) electrons. The van der Waals surface area contributed by atoms with E-state index in [0.29, 0.717) is 6.61 Å². The Balaban J connectivity index is 1.85. The zero-order chi connectivity index (χ0) is 15.3. The summed E-state index contributed by atoms with van der Waals surface area (Å²) in [4.78, 5) is 0. The number of ether oxygens (including phenoxy) is 1. The van der Waals surface area contributed by atoms with Gasteiger partial charge in [-0.25, -0.2) is 0 Å². The maximum absolute atomic E-state index is 9.50. The highest BCUT2D eigenvalue weighted by atomic mass is 16.5. The maximum atomic E-state index is 9.50. The van der Waals surface area contributed by atoms with Crippen molar-refractivity contribution >= 4 is 10.8 Å². The molecule has 110 valence electrons. The van der Waals surface area contributed by atoms with E-state index < -0.39 is 0 Å². The highest BCUT2D eigenvalue weighted by Crippen LogP contribution is 2.25. The number of nitriles is 1. The first kappa shape index (κ1) is 15.2. The first-order valence-corrected chi connectivity index (χ1v) is 7.27. The van der Waals surface area contributed by atoms with Crippen LogP contribution < -0.4 is 4.74 Å². The molecular formula is C18H21NO2. The maximum Gasteiger partial charge on any atom is 0.119 e. The molecule has 0 bridgehead atoms.